The van der Waals surface area contributed by atoms with E-state index in [1.807, 2.05) is 0 Å². The van der Waals surface area contributed by atoms with Crippen molar-refractivity contribution in [1.29, 1.82) is 0 Å². The standard InChI is InChI=1S/C11H12N6O3/c1-12-8-4-2-3-7(10(8)17(19)20)11(18)13-5-9-14-6-15-16-9/h2-4,6,12H,5H2,1H3,(H,13,18)(H,14,15,16). The molecule has 20 heavy (non-hydrogen) atoms. The van der Waals surface area contributed by atoms with Crippen LogP contribution in [0.4, 0.5) is 11.4 Å². The van der Waals surface area contributed by atoms with E-state index in [1.54, 1.807) is 13.1 Å². The van der Waals surface area contributed by atoms with Gasteiger partial charge in [0, 0.05) is 7.05 Å². The first-order valence-corrected chi connectivity index (χ1v) is 5.71. The topological polar surface area (TPSA) is 126 Å². The number of amides is 1. The fourth-order valence-electron chi connectivity index (χ4n) is 1.70. The largest absolute Gasteiger partial charge is 0.383 e. The van der Waals surface area contributed by atoms with Gasteiger partial charge in [-0.1, -0.05) is 6.07 Å². The van der Waals surface area contributed by atoms with E-state index in [0.29, 0.717) is 5.82 Å². The zero-order chi connectivity index (χ0) is 14.5. The van der Waals surface area contributed by atoms with E-state index in [-0.39, 0.29) is 23.5 Å². The molecule has 0 bridgehead atoms. The summed E-state index contributed by atoms with van der Waals surface area (Å²) in [7, 11) is 1.55. The molecule has 0 saturated carbocycles. The number of aromatic amines is 1. The van der Waals surface area contributed by atoms with Crippen molar-refractivity contribution in [2.45, 2.75) is 6.54 Å². The molecule has 9 heteroatoms. The van der Waals surface area contributed by atoms with Crippen LogP contribution in [0.2, 0.25) is 0 Å². The zero-order valence-electron chi connectivity index (χ0n) is 10.6. The number of rotatable bonds is 5. The summed E-state index contributed by atoms with van der Waals surface area (Å²) in [5, 5.41) is 22.6. The molecule has 0 saturated heterocycles. The van der Waals surface area contributed by atoms with Crippen LogP contribution < -0.4 is 10.6 Å². The van der Waals surface area contributed by atoms with E-state index >= 15 is 0 Å². The van der Waals surface area contributed by atoms with Gasteiger partial charge in [0.1, 0.15) is 23.4 Å². The number of carbonyl (C=O) groups is 1. The predicted molar refractivity (Wildman–Crippen MR) is 70.2 cm³/mol. The zero-order valence-corrected chi connectivity index (χ0v) is 10.6. The van der Waals surface area contributed by atoms with Crippen LogP contribution in [0.25, 0.3) is 0 Å². The summed E-state index contributed by atoms with van der Waals surface area (Å²) in [5.41, 5.74) is 0.00810. The van der Waals surface area contributed by atoms with Crippen molar-refractivity contribution >= 4 is 17.3 Å². The Balaban J connectivity index is 2.23. The molecule has 0 spiro atoms. The van der Waals surface area contributed by atoms with Crippen LogP contribution in [-0.2, 0) is 6.54 Å². The van der Waals surface area contributed by atoms with Crippen LogP contribution in [-0.4, -0.2) is 33.1 Å². The van der Waals surface area contributed by atoms with Gasteiger partial charge in [-0.15, -0.1) is 0 Å². The minimum atomic E-state index is -0.588. The van der Waals surface area contributed by atoms with Crippen LogP contribution in [0.5, 0.6) is 0 Å². The maximum atomic E-state index is 12.0. The SMILES string of the molecule is CNc1cccc(C(=O)NCc2ncn[nH]2)c1[N+](=O)[O-]. The smallest absolute Gasteiger partial charge is 0.305 e. The number of nitrogens with one attached hydrogen (secondary N) is 3. The summed E-state index contributed by atoms with van der Waals surface area (Å²) in [5.74, 6) is -0.0871. The van der Waals surface area contributed by atoms with Gasteiger partial charge in [-0.2, -0.15) is 5.10 Å². The van der Waals surface area contributed by atoms with Gasteiger partial charge in [0.15, 0.2) is 0 Å². The maximum Gasteiger partial charge on any atom is 0.305 e. The van der Waals surface area contributed by atoms with Crippen molar-refractivity contribution in [2.24, 2.45) is 0 Å². The fourth-order valence-corrected chi connectivity index (χ4v) is 1.70. The summed E-state index contributed by atoms with van der Waals surface area (Å²) in [4.78, 5) is 26.4. The van der Waals surface area contributed by atoms with Gasteiger partial charge in [-0.3, -0.25) is 20.0 Å². The molecule has 104 valence electrons. The summed E-state index contributed by atoms with van der Waals surface area (Å²) in [6, 6.07) is 4.50. The lowest BCUT2D eigenvalue weighted by molar-refractivity contribution is -0.384. The molecule has 0 unspecified atom stereocenters. The molecular formula is C11H12N6O3. The lowest BCUT2D eigenvalue weighted by atomic mass is 10.1. The van der Waals surface area contributed by atoms with Gasteiger partial charge >= 0.3 is 5.69 Å². The molecule has 1 aromatic heterocycles. The Morgan fingerprint density at radius 2 is 2.30 bits per heavy atom. The Morgan fingerprint density at radius 1 is 1.50 bits per heavy atom. The number of hydrogen-bond donors (Lipinski definition) is 3. The van der Waals surface area contributed by atoms with Crippen LogP contribution in [0, 0.1) is 10.1 Å². The van der Waals surface area contributed by atoms with Crippen molar-refractivity contribution < 1.29 is 9.72 Å². The molecule has 9 nitrogen and oxygen atoms in total. The summed E-state index contributed by atoms with van der Waals surface area (Å²) >= 11 is 0. The first-order valence-electron chi connectivity index (χ1n) is 5.71. The lowest BCUT2D eigenvalue weighted by Gasteiger charge is -2.07. The Kier molecular flexibility index (Phi) is 3.89. The minimum absolute atomic E-state index is 0.0126. The van der Waals surface area contributed by atoms with Gasteiger partial charge in [0.25, 0.3) is 5.91 Å². The molecule has 3 N–H and O–H groups in total. The highest BCUT2D eigenvalue weighted by molar-refractivity contribution is 6.00. The summed E-state index contributed by atoms with van der Waals surface area (Å²) in [6.45, 7) is 0.111. The number of H-pyrrole nitrogens is 1. The van der Waals surface area contributed by atoms with Gasteiger partial charge in [-0.05, 0) is 12.1 Å². The van der Waals surface area contributed by atoms with Crippen molar-refractivity contribution in [3.05, 3.63) is 46.0 Å². The first-order chi connectivity index (χ1) is 9.63. The second-order valence-electron chi connectivity index (χ2n) is 3.82. The minimum Gasteiger partial charge on any atom is -0.383 e. The molecule has 1 heterocycles. The third-order valence-electron chi connectivity index (χ3n) is 2.61. The number of nitrogens with zero attached hydrogens (tertiary/aromatic N) is 3. The van der Waals surface area contributed by atoms with Crippen molar-refractivity contribution in [3.63, 3.8) is 0 Å². The molecule has 0 aliphatic carbocycles. The molecule has 0 radical (unpaired) electrons. The number of nitro groups is 1. The average molecular weight is 276 g/mol. The van der Waals surface area contributed by atoms with E-state index in [2.05, 4.69) is 25.8 Å². The number of para-hydroxylation sites is 1. The van der Waals surface area contributed by atoms with E-state index < -0.39 is 10.8 Å². The van der Waals surface area contributed by atoms with Gasteiger partial charge < -0.3 is 10.6 Å². The quantitative estimate of drug-likeness (QED) is 0.544. The van der Waals surface area contributed by atoms with E-state index in [0.717, 1.165) is 0 Å². The van der Waals surface area contributed by atoms with Crippen LogP contribution >= 0.6 is 0 Å². The fraction of sp³-hybridized carbons (Fsp3) is 0.182. The molecular weight excluding hydrogens is 264 g/mol. The van der Waals surface area contributed by atoms with Crippen LogP contribution in [0.15, 0.2) is 24.5 Å². The molecule has 2 rings (SSSR count). The number of aromatic nitrogens is 3. The van der Waals surface area contributed by atoms with Gasteiger partial charge in [0.05, 0.1) is 11.5 Å². The Hall–Kier alpha value is -2.97. The highest BCUT2D eigenvalue weighted by atomic mass is 16.6. The van der Waals surface area contributed by atoms with E-state index in [1.165, 1.54) is 18.5 Å². The Labute approximate surface area is 113 Å². The van der Waals surface area contributed by atoms with Gasteiger partial charge in [-0.25, -0.2) is 4.98 Å². The highest BCUT2D eigenvalue weighted by Crippen LogP contribution is 2.28. The molecule has 2 aromatic rings. The van der Waals surface area contributed by atoms with Gasteiger partial charge in [0.2, 0.25) is 0 Å². The Morgan fingerprint density at radius 3 is 2.90 bits per heavy atom. The number of hydrogen-bond acceptors (Lipinski definition) is 6. The van der Waals surface area contributed by atoms with E-state index in [4.69, 9.17) is 0 Å². The van der Waals surface area contributed by atoms with Crippen molar-refractivity contribution in [3.8, 4) is 0 Å². The molecule has 0 atom stereocenters. The first kappa shape index (κ1) is 13.5. The van der Waals surface area contributed by atoms with Crippen molar-refractivity contribution in [2.75, 3.05) is 12.4 Å². The second kappa shape index (κ2) is 5.78. The summed E-state index contributed by atoms with van der Waals surface area (Å²) < 4.78 is 0. The lowest BCUT2D eigenvalue weighted by Crippen LogP contribution is -2.24. The molecule has 1 amide bonds. The second-order valence-corrected chi connectivity index (χ2v) is 3.82. The third-order valence-corrected chi connectivity index (χ3v) is 2.61. The number of nitro benzene ring substituents is 1. The van der Waals surface area contributed by atoms with Crippen LogP contribution in [0.3, 0.4) is 0 Å². The average Bonchev–Trinajstić information content (AvgIpc) is 2.96. The number of benzene rings is 1. The number of anilines is 1. The molecule has 0 fully saturated rings. The van der Waals surface area contributed by atoms with Crippen molar-refractivity contribution in [1.82, 2.24) is 20.5 Å². The van der Waals surface area contributed by atoms with E-state index in [9.17, 15) is 14.9 Å². The molecule has 0 aliphatic heterocycles. The monoisotopic (exact) mass is 276 g/mol. The summed E-state index contributed by atoms with van der Waals surface area (Å²) in [6.07, 6.45) is 1.31. The third kappa shape index (κ3) is 2.71. The molecule has 1 aromatic carbocycles. The maximum absolute atomic E-state index is 12.0. The molecule has 0 aliphatic rings. The number of carbonyl (C=O) groups excluding carboxylic acids is 1. The Bertz CT molecular complexity index is 625. The highest BCUT2D eigenvalue weighted by Gasteiger charge is 2.23. The normalized spacial score (nSPS) is 10.1. The van der Waals surface area contributed by atoms with Crippen LogP contribution in [0.1, 0.15) is 16.2 Å². The predicted octanol–water partition coefficient (Wildman–Crippen LogP) is 0.685.